The van der Waals surface area contributed by atoms with E-state index in [0.717, 1.165) is 22.2 Å². The van der Waals surface area contributed by atoms with E-state index in [4.69, 9.17) is 5.84 Å². The average molecular weight is 369 g/mol. The van der Waals surface area contributed by atoms with Gasteiger partial charge >= 0.3 is 0 Å². The van der Waals surface area contributed by atoms with Crippen molar-refractivity contribution in [2.24, 2.45) is 5.84 Å². The van der Waals surface area contributed by atoms with Crippen LogP contribution in [0.1, 0.15) is 46.2 Å². The lowest BCUT2D eigenvalue weighted by atomic mass is 10.0. The first kappa shape index (κ1) is 15.2. The maximum atomic E-state index is 14.1. The smallest absolute Gasteiger partial charge is 0.128 e. The fraction of sp³-hybridized carbons (Fsp3) is 0.375. The van der Waals surface area contributed by atoms with Crippen molar-refractivity contribution in [3.05, 3.63) is 55.4 Å². The predicted octanol–water partition coefficient (Wildman–Crippen LogP) is 4.47. The van der Waals surface area contributed by atoms with E-state index in [2.05, 4.69) is 27.4 Å². The van der Waals surface area contributed by atoms with Gasteiger partial charge in [-0.05, 0) is 55.5 Å². The maximum Gasteiger partial charge on any atom is 0.128 e. The first-order chi connectivity index (χ1) is 10.2. The third-order valence-corrected chi connectivity index (χ3v) is 5.78. The molecule has 1 aliphatic rings. The molecule has 0 saturated carbocycles. The van der Waals surface area contributed by atoms with Crippen LogP contribution in [0.25, 0.3) is 0 Å². The van der Waals surface area contributed by atoms with Crippen molar-refractivity contribution >= 4 is 27.3 Å². The van der Waals surface area contributed by atoms with E-state index in [1.165, 1.54) is 35.8 Å². The quantitative estimate of drug-likeness (QED) is 0.476. The van der Waals surface area contributed by atoms with E-state index in [1.807, 2.05) is 0 Å². The van der Waals surface area contributed by atoms with Crippen molar-refractivity contribution in [3.8, 4) is 0 Å². The van der Waals surface area contributed by atoms with Gasteiger partial charge in [-0.2, -0.15) is 0 Å². The Morgan fingerprint density at radius 3 is 2.81 bits per heavy atom. The summed E-state index contributed by atoms with van der Waals surface area (Å²) < 4.78 is 15.0. The summed E-state index contributed by atoms with van der Waals surface area (Å²) in [5.74, 6) is 5.49. The molecule has 1 atom stereocenters. The second kappa shape index (κ2) is 6.57. The highest BCUT2D eigenvalue weighted by atomic mass is 79.9. The minimum atomic E-state index is -0.292. The van der Waals surface area contributed by atoms with Gasteiger partial charge in [-0.1, -0.05) is 22.4 Å². The molecule has 1 aromatic carbocycles. The molecule has 3 N–H and O–H groups in total. The lowest BCUT2D eigenvalue weighted by molar-refractivity contribution is 0.563. The Kier molecular flexibility index (Phi) is 4.74. The molecule has 0 radical (unpaired) electrons. The molecule has 0 fully saturated rings. The number of fused-ring (bicyclic) bond motifs is 1. The van der Waals surface area contributed by atoms with Gasteiger partial charge in [0.05, 0.1) is 6.04 Å². The Morgan fingerprint density at radius 2 is 2.00 bits per heavy atom. The fourth-order valence-corrected chi connectivity index (χ4v) is 4.61. The zero-order valence-corrected chi connectivity index (χ0v) is 14.1. The van der Waals surface area contributed by atoms with Gasteiger partial charge in [-0.15, -0.1) is 11.3 Å². The van der Waals surface area contributed by atoms with Gasteiger partial charge in [0.25, 0.3) is 0 Å². The van der Waals surface area contributed by atoms with Crippen molar-refractivity contribution in [3.63, 3.8) is 0 Å². The third-order valence-electron chi connectivity index (χ3n) is 3.99. The molecule has 0 bridgehead atoms. The Hall–Kier alpha value is -0.750. The zero-order valence-electron chi connectivity index (χ0n) is 11.7. The largest absolute Gasteiger partial charge is 0.271 e. The van der Waals surface area contributed by atoms with Crippen LogP contribution in [0.2, 0.25) is 0 Å². The molecule has 1 unspecified atom stereocenters. The molecule has 21 heavy (non-hydrogen) atoms. The summed E-state index contributed by atoms with van der Waals surface area (Å²) in [7, 11) is 0. The van der Waals surface area contributed by atoms with E-state index in [-0.39, 0.29) is 11.9 Å². The molecule has 0 aliphatic heterocycles. The number of thiophene rings is 1. The lowest BCUT2D eigenvalue weighted by Gasteiger charge is -2.16. The predicted molar refractivity (Wildman–Crippen MR) is 88.8 cm³/mol. The van der Waals surface area contributed by atoms with Crippen molar-refractivity contribution in [1.29, 1.82) is 0 Å². The van der Waals surface area contributed by atoms with Crippen molar-refractivity contribution in [2.45, 2.75) is 38.1 Å². The average Bonchev–Trinajstić information content (AvgIpc) is 2.74. The number of benzene rings is 1. The molecule has 1 heterocycles. The van der Waals surface area contributed by atoms with Crippen LogP contribution in [-0.2, 0) is 12.8 Å². The lowest BCUT2D eigenvalue weighted by Crippen LogP contribution is -2.29. The maximum absolute atomic E-state index is 14.1. The van der Waals surface area contributed by atoms with Gasteiger partial charge in [0.1, 0.15) is 5.82 Å². The monoisotopic (exact) mass is 368 g/mol. The summed E-state index contributed by atoms with van der Waals surface area (Å²) in [4.78, 5) is 2.54. The molecular weight excluding hydrogens is 351 g/mol. The molecule has 3 rings (SSSR count). The van der Waals surface area contributed by atoms with Gasteiger partial charge < -0.3 is 0 Å². The molecule has 2 aromatic rings. The highest BCUT2D eigenvalue weighted by molar-refractivity contribution is 9.10. The molecule has 1 aromatic heterocycles. The molecule has 0 amide bonds. The first-order valence-corrected chi connectivity index (χ1v) is 8.82. The number of nitrogens with one attached hydrogen (secondary N) is 1. The number of nitrogens with two attached hydrogens (primary N) is 1. The summed E-state index contributed by atoms with van der Waals surface area (Å²) in [5, 5.41) is 0. The Labute approximate surface area is 136 Å². The normalized spacial score (nSPS) is 16.3. The summed E-state index contributed by atoms with van der Waals surface area (Å²) in [6.45, 7) is 0. The highest BCUT2D eigenvalue weighted by Gasteiger charge is 2.21. The molecule has 0 saturated heterocycles. The fourth-order valence-electron chi connectivity index (χ4n) is 2.89. The second-order valence-electron chi connectivity index (χ2n) is 5.42. The Morgan fingerprint density at radius 1 is 1.19 bits per heavy atom. The third kappa shape index (κ3) is 3.21. The first-order valence-electron chi connectivity index (χ1n) is 7.21. The number of rotatable bonds is 3. The van der Waals surface area contributed by atoms with Crippen LogP contribution in [0.4, 0.5) is 4.39 Å². The SMILES string of the molecule is NNC(c1cc2c(s1)CCCCC2)c1cc(Br)ccc1F. The van der Waals surface area contributed by atoms with E-state index in [0.29, 0.717) is 5.56 Å². The number of hydrogen-bond donors (Lipinski definition) is 2. The van der Waals surface area contributed by atoms with Gasteiger partial charge in [0.15, 0.2) is 0 Å². The minimum Gasteiger partial charge on any atom is -0.271 e. The summed E-state index contributed by atoms with van der Waals surface area (Å²) in [6.07, 6.45) is 6.06. The Balaban J connectivity index is 1.98. The second-order valence-corrected chi connectivity index (χ2v) is 7.51. The van der Waals surface area contributed by atoms with E-state index in [9.17, 15) is 4.39 Å². The number of halogens is 2. The van der Waals surface area contributed by atoms with Crippen molar-refractivity contribution in [2.75, 3.05) is 0 Å². The topological polar surface area (TPSA) is 38.0 Å². The van der Waals surface area contributed by atoms with E-state index < -0.39 is 0 Å². The molecule has 5 heteroatoms. The number of aryl methyl sites for hydroxylation is 2. The van der Waals surface area contributed by atoms with Crippen LogP contribution < -0.4 is 11.3 Å². The number of hydrogen-bond acceptors (Lipinski definition) is 3. The molecule has 112 valence electrons. The summed E-state index contributed by atoms with van der Waals surface area (Å²) in [6, 6.07) is 6.89. The van der Waals surface area contributed by atoms with Crippen LogP contribution in [0.5, 0.6) is 0 Å². The van der Waals surface area contributed by atoms with Gasteiger partial charge in [0.2, 0.25) is 0 Å². The summed E-state index contributed by atoms with van der Waals surface area (Å²) in [5.41, 5.74) is 4.78. The van der Waals surface area contributed by atoms with E-state index >= 15 is 0 Å². The van der Waals surface area contributed by atoms with Crippen molar-refractivity contribution < 1.29 is 4.39 Å². The van der Waals surface area contributed by atoms with E-state index in [1.54, 1.807) is 23.5 Å². The van der Waals surface area contributed by atoms with Crippen LogP contribution in [0.15, 0.2) is 28.7 Å². The molecule has 1 aliphatic carbocycles. The summed E-state index contributed by atoms with van der Waals surface area (Å²) >= 11 is 5.17. The van der Waals surface area contributed by atoms with Crippen LogP contribution in [0, 0.1) is 5.82 Å². The molecule has 0 spiro atoms. The highest BCUT2D eigenvalue weighted by Crippen LogP contribution is 2.35. The molecular formula is C16H18BrFN2S. The number of hydrazine groups is 1. The Bertz CT molecular complexity index is 618. The molecule has 2 nitrogen and oxygen atoms in total. The van der Waals surface area contributed by atoms with Gasteiger partial charge in [0, 0.05) is 19.8 Å². The zero-order chi connectivity index (χ0) is 14.8. The van der Waals surface area contributed by atoms with Crippen LogP contribution in [-0.4, -0.2) is 0 Å². The van der Waals surface area contributed by atoms with Crippen molar-refractivity contribution in [1.82, 2.24) is 5.43 Å². The minimum absolute atomic E-state index is 0.232. The van der Waals surface area contributed by atoms with Crippen LogP contribution >= 0.6 is 27.3 Å². The van der Waals surface area contributed by atoms with Gasteiger partial charge in [-0.3, -0.25) is 5.84 Å². The standard InChI is InChI=1S/C16H18BrFN2S/c17-11-6-7-13(18)12(9-11)16(20-19)15-8-10-4-2-1-3-5-14(10)21-15/h6-9,16,20H,1-5,19H2. The van der Waals surface area contributed by atoms with Gasteiger partial charge in [-0.25, -0.2) is 9.82 Å². The van der Waals surface area contributed by atoms with Crippen LogP contribution in [0.3, 0.4) is 0 Å².